The lowest BCUT2D eigenvalue weighted by Crippen LogP contribution is -2.26. The Bertz CT molecular complexity index is 1020. The van der Waals surface area contributed by atoms with E-state index < -0.39 is 6.36 Å². The van der Waals surface area contributed by atoms with Gasteiger partial charge in [-0.05, 0) is 52.3 Å². The van der Waals surface area contributed by atoms with Crippen LogP contribution in [0.5, 0.6) is 0 Å². The van der Waals surface area contributed by atoms with Crippen molar-refractivity contribution in [2.24, 2.45) is 0 Å². The Balaban J connectivity index is 1.80. The second-order valence-electron chi connectivity index (χ2n) is 8.19. The highest BCUT2D eigenvalue weighted by atomic mass is 19.4. The number of alkyl halides is 3. The van der Waals surface area contributed by atoms with Crippen LogP contribution in [0.3, 0.4) is 0 Å². The Morgan fingerprint density at radius 2 is 1.53 bits per heavy atom. The summed E-state index contributed by atoms with van der Waals surface area (Å²) in [4.78, 5) is 0. The standard InChI is InChI=1S/C26H27F3O/c1-2-3-8-16-25(17-9-18-30-26(27,28)29)22-13-7-6-12-21(22)24-20-11-5-4-10-19(20)14-15-23(24)25/h4-7,10-15H,2-3,8-9,16-18H2,1H3. The van der Waals surface area contributed by atoms with Crippen molar-refractivity contribution < 1.29 is 17.9 Å². The second kappa shape index (κ2) is 8.43. The highest BCUT2D eigenvalue weighted by Crippen LogP contribution is 2.55. The number of fused-ring (bicyclic) bond motifs is 5. The molecule has 0 bridgehead atoms. The van der Waals surface area contributed by atoms with E-state index in [9.17, 15) is 13.2 Å². The zero-order chi connectivity index (χ0) is 21.2. The van der Waals surface area contributed by atoms with Gasteiger partial charge in [0.2, 0.25) is 0 Å². The van der Waals surface area contributed by atoms with Gasteiger partial charge in [-0.25, -0.2) is 0 Å². The summed E-state index contributed by atoms with van der Waals surface area (Å²) in [5.41, 5.74) is 4.71. The van der Waals surface area contributed by atoms with E-state index in [-0.39, 0.29) is 12.0 Å². The van der Waals surface area contributed by atoms with E-state index in [1.54, 1.807) is 0 Å². The molecule has 0 spiro atoms. The largest absolute Gasteiger partial charge is 0.522 e. The summed E-state index contributed by atoms with van der Waals surface area (Å²) in [6.07, 6.45) is 0.663. The minimum Gasteiger partial charge on any atom is -0.292 e. The summed E-state index contributed by atoms with van der Waals surface area (Å²) in [6.45, 7) is 1.87. The number of ether oxygens (including phenoxy) is 1. The molecule has 0 fully saturated rings. The number of unbranched alkanes of at least 4 members (excludes halogenated alkanes) is 2. The molecule has 0 saturated heterocycles. The van der Waals surface area contributed by atoms with E-state index in [1.165, 1.54) is 33.0 Å². The van der Waals surface area contributed by atoms with Crippen molar-refractivity contribution >= 4 is 10.8 Å². The maximum Gasteiger partial charge on any atom is 0.522 e. The highest BCUT2D eigenvalue weighted by Gasteiger charge is 2.43. The smallest absolute Gasteiger partial charge is 0.292 e. The monoisotopic (exact) mass is 412 g/mol. The van der Waals surface area contributed by atoms with Gasteiger partial charge in [-0.2, -0.15) is 0 Å². The Labute approximate surface area is 175 Å². The molecule has 1 atom stereocenters. The molecule has 30 heavy (non-hydrogen) atoms. The third-order valence-electron chi connectivity index (χ3n) is 6.38. The van der Waals surface area contributed by atoms with Crippen LogP contribution in [0, 0.1) is 0 Å². The lowest BCUT2D eigenvalue weighted by atomic mass is 9.71. The van der Waals surface area contributed by atoms with Gasteiger partial charge >= 0.3 is 6.36 Å². The third-order valence-corrected chi connectivity index (χ3v) is 6.38. The van der Waals surface area contributed by atoms with E-state index in [4.69, 9.17) is 0 Å². The number of rotatable bonds is 8. The van der Waals surface area contributed by atoms with Crippen molar-refractivity contribution in [1.82, 2.24) is 0 Å². The van der Waals surface area contributed by atoms with Gasteiger partial charge < -0.3 is 0 Å². The Kier molecular flexibility index (Phi) is 5.88. The average Bonchev–Trinajstić information content (AvgIpc) is 3.02. The van der Waals surface area contributed by atoms with Crippen molar-refractivity contribution in [3.8, 4) is 11.1 Å². The van der Waals surface area contributed by atoms with Crippen molar-refractivity contribution in [2.45, 2.75) is 57.2 Å². The molecule has 4 rings (SSSR count). The van der Waals surface area contributed by atoms with Crippen molar-refractivity contribution in [3.63, 3.8) is 0 Å². The molecule has 0 radical (unpaired) electrons. The molecule has 1 unspecified atom stereocenters. The number of hydrogen-bond acceptors (Lipinski definition) is 1. The van der Waals surface area contributed by atoms with E-state index in [0.29, 0.717) is 12.8 Å². The predicted molar refractivity (Wildman–Crippen MR) is 116 cm³/mol. The minimum absolute atomic E-state index is 0.264. The molecular weight excluding hydrogens is 385 g/mol. The Morgan fingerprint density at radius 1 is 0.800 bits per heavy atom. The first kappa shape index (κ1) is 20.9. The van der Waals surface area contributed by atoms with E-state index in [0.717, 1.165) is 25.7 Å². The van der Waals surface area contributed by atoms with E-state index in [1.807, 2.05) is 12.1 Å². The van der Waals surface area contributed by atoms with Crippen LogP contribution >= 0.6 is 0 Å². The minimum atomic E-state index is -4.57. The van der Waals surface area contributed by atoms with Crippen molar-refractivity contribution in [2.75, 3.05) is 6.61 Å². The van der Waals surface area contributed by atoms with Crippen LogP contribution < -0.4 is 0 Å². The molecule has 0 heterocycles. The lowest BCUT2D eigenvalue weighted by molar-refractivity contribution is -0.324. The van der Waals surface area contributed by atoms with Gasteiger partial charge in [-0.15, -0.1) is 13.2 Å². The predicted octanol–water partition coefficient (Wildman–Crippen LogP) is 8.00. The lowest BCUT2D eigenvalue weighted by Gasteiger charge is -2.33. The molecule has 0 saturated carbocycles. The molecular formula is C26H27F3O. The summed E-state index contributed by atoms with van der Waals surface area (Å²) < 4.78 is 41.7. The van der Waals surface area contributed by atoms with Gasteiger partial charge in [-0.3, -0.25) is 4.74 Å². The summed E-state index contributed by atoms with van der Waals surface area (Å²) >= 11 is 0. The maximum absolute atomic E-state index is 12.5. The van der Waals surface area contributed by atoms with Gasteiger partial charge in [0, 0.05) is 5.41 Å². The van der Waals surface area contributed by atoms with Gasteiger partial charge in [0.25, 0.3) is 0 Å². The molecule has 158 valence electrons. The molecule has 3 aromatic rings. The topological polar surface area (TPSA) is 9.23 Å². The molecule has 0 aliphatic heterocycles. The number of halogens is 3. The summed E-state index contributed by atoms with van der Waals surface area (Å²) in [7, 11) is 0. The van der Waals surface area contributed by atoms with Crippen molar-refractivity contribution in [3.05, 3.63) is 71.8 Å². The third kappa shape index (κ3) is 3.85. The summed E-state index contributed by atoms with van der Waals surface area (Å²) in [5, 5.41) is 2.40. The highest BCUT2D eigenvalue weighted by molar-refractivity contribution is 6.02. The molecule has 1 nitrogen and oxygen atoms in total. The molecule has 0 aromatic heterocycles. The molecule has 3 aromatic carbocycles. The normalized spacial score (nSPS) is 17.9. The van der Waals surface area contributed by atoms with Crippen LogP contribution in [0.4, 0.5) is 13.2 Å². The van der Waals surface area contributed by atoms with Gasteiger partial charge in [0.15, 0.2) is 0 Å². The fourth-order valence-corrected chi connectivity index (χ4v) is 5.13. The molecule has 4 heteroatoms. The van der Waals surface area contributed by atoms with E-state index >= 15 is 0 Å². The fraction of sp³-hybridized carbons (Fsp3) is 0.385. The summed E-state index contributed by atoms with van der Waals surface area (Å²) in [5.74, 6) is 0. The zero-order valence-corrected chi connectivity index (χ0v) is 17.3. The van der Waals surface area contributed by atoms with Gasteiger partial charge in [0.05, 0.1) is 6.61 Å². The Hall–Kier alpha value is -2.33. The zero-order valence-electron chi connectivity index (χ0n) is 17.3. The first-order chi connectivity index (χ1) is 14.5. The number of benzene rings is 3. The molecule has 1 aliphatic carbocycles. The maximum atomic E-state index is 12.5. The Morgan fingerprint density at radius 3 is 2.33 bits per heavy atom. The van der Waals surface area contributed by atoms with Crippen LogP contribution in [0.25, 0.3) is 21.9 Å². The SMILES string of the molecule is CCCCCC1(CCCOC(F)(F)F)c2ccccc2-c2c1ccc1ccccc21. The van der Waals surface area contributed by atoms with Crippen LogP contribution in [-0.4, -0.2) is 13.0 Å². The van der Waals surface area contributed by atoms with Crippen LogP contribution in [0.2, 0.25) is 0 Å². The first-order valence-electron chi connectivity index (χ1n) is 10.8. The second-order valence-corrected chi connectivity index (χ2v) is 8.19. The van der Waals surface area contributed by atoms with Crippen LogP contribution in [0.15, 0.2) is 60.7 Å². The number of hydrogen-bond donors (Lipinski definition) is 0. The van der Waals surface area contributed by atoms with Gasteiger partial charge in [0.1, 0.15) is 0 Å². The molecule has 0 amide bonds. The van der Waals surface area contributed by atoms with Crippen LogP contribution in [-0.2, 0) is 10.2 Å². The molecule has 1 aliphatic rings. The molecule has 0 N–H and O–H groups in total. The van der Waals surface area contributed by atoms with Gasteiger partial charge in [-0.1, -0.05) is 86.8 Å². The van der Waals surface area contributed by atoms with E-state index in [2.05, 4.69) is 60.2 Å². The van der Waals surface area contributed by atoms with Crippen molar-refractivity contribution in [1.29, 1.82) is 0 Å². The van der Waals surface area contributed by atoms with Crippen LogP contribution in [0.1, 0.15) is 56.6 Å². The summed E-state index contributed by atoms with van der Waals surface area (Å²) in [6, 6.07) is 21.2. The average molecular weight is 412 g/mol. The quantitative estimate of drug-likeness (QED) is 0.341. The first-order valence-corrected chi connectivity index (χ1v) is 10.8. The fourth-order valence-electron chi connectivity index (χ4n) is 5.13.